The fourth-order valence-corrected chi connectivity index (χ4v) is 2.25. The predicted molar refractivity (Wildman–Crippen MR) is 105 cm³/mol. The second-order valence-electron chi connectivity index (χ2n) is 5.01. The van der Waals surface area contributed by atoms with E-state index in [9.17, 15) is 0 Å². The highest BCUT2D eigenvalue weighted by molar-refractivity contribution is 14.0. The van der Waals surface area contributed by atoms with E-state index >= 15 is 0 Å². The van der Waals surface area contributed by atoms with E-state index < -0.39 is 0 Å². The minimum Gasteiger partial charge on any atom is -0.493 e. The Morgan fingerprint density at radius 3 is 2.54 bits per heavy atom. The molecule has 3 N–H and O–H groups in total. The number of hydrogen-bond acceptors (Lipinski definition) is 5. The van der Waals surface area contributed by atoms with Crippen molar-refractivity contribution in [2.75, 3.05) is 26.1 Å². The van der Waals surface area contributed by atoms with Crippen LogP contribution in [0.5, 0.6) is 11.5 Å². The molecule has 0 spiro atoms. The average molecular weight is 446 g/mol. The molecule has 0 aliphatic carbocycles. The highest BCUT2D eigenvalue weighted by atomic mass is 127. The lowest BCUT2D eigenvalue weighted by Gasteiger charge is -2.10. The molecular weight excluding hydrogens is 423 g/mol. The lowest BCUT2D eigenvalue weighted by Crippen LogP contribution is -2.23. The number of benzene rings is 1. The van der Waals surface area contributed by atoms with E-state index in [0.29, 0.717) is 24.0 Å². The minimum absolute atomic E-state index is 0. The second kappa shape index (κ2) is 9.36. The summed E-state index contributed by atoms with van der Waals surface area (Å²) < 4.78 is 15.6. The Bertz CT molecular complexity index is 681. The molecule has 0 aliphatic heterocycles. The van der Waals surface area contributed by atoms with Crippen molar-refractivity contribution in [1.82, 2.24) is 5.16 Å². The summed E-state index contributed by atoms with van der Waals surface area (Å²) in [7, 11) is 3.18. The summed E-state index contributed by atoms with van der Waals surface area (Å²) in [6, 6.07) is 5.45. The van der Waals surface area contributed by atoms with Gasteiger partial charge in [0, 0.05) is 23.9 Å². The van der Waals surface area contributed by atoms with E-state index in [-0.39, 0.29) is 24.0 Å². The maximum absolute atomic E-state index is 5.91. The molecule has 0 saturated heterocycles. The summed E-state index contributed by atoms with van der Waals surface area (Å²) in [5.74, 6) is 2.45. The van der Waals surface area contributed by atoms with Crippen LogP contribution in [0.15, 0.2) is 27.7 Å². The third kappa shape index (κ3) is 5.02. The maximum atomic E-state index is 5.91. The minimum atomic E-state index is 0. The number of aliphatic imine (C=N–C) groups is 1. The largest absolute Gasteiger partial charge is 0.493 e. The summed E-state index contributed by atoms with van der Waals surface area (Å²) in [5.41, 5.74) is 8.66. The van der Waals surface area contributed by atoms with Crippen LogP contribution in [-0.2, 0) is 6.42 Å². The van der Waals surface area contributed by atoms with Gasteiger partial charge in [-0.2, -0.15) is 0 Å². The van der Waals surface area contributed by atoms with Crippen LogP contribution in [0.1, 0.15) is 17.0 Å². The number of ether oxygens (including phenoxy) is 2. The molecular formula is C16H23IN4O3. The molecule has 1 heterocycles. The van der Waals surface area contributed by atoms with Crippen LogP contribution in [0.25, 0.3) is 0 Å². The predicted octanol–water partition coefficient (Wildman–Crippen LogP) is 2.90. The van der Waals surface area contributed by atoms with Crippen LogP contribution in [0.3, 0.4) is 0 Å². The highest BCUT2D eigenvalue weighted by Crippen LogP contribution is 2.29. The van der Waals surface area contributed by atoms with Crippen LogP contribution in [0.4, 0.5) is 5.69 Å². The van der Waals surface area contributed by atoms with Crippen molar-refractivity contribution in [3.8, 4) is 11.5 Å². The molecule has 7 nitrogen and oxygen atoms in total. The number of rotatable bonds is 6. The molecule has 0 saturated carbocycles. The SMILES string of the molecule is COc1ccc(NC(N)=NCCc2c(C)noc2C)cc1OC.I. The Labute approximate surface area is 158 Å². The molecule has 0 radical (unpaired) electrons. The third-order valence-electron chi connectivity index (χ3n) is 3.48. The Balaban J connectivity index is 0.00000288. The molecule has 2 aromatic rings. The fraction of sp³-hybridized carbons (Fsp3) is 0.375. The molecule has 132 valence electrons. The van der Waals surface area contributed by atoms with Crippen LogP contribution in [0, 0.1) is 13.8 Å². The topological polar surface area (TPSA) is 94.9 Å². The molecule has 0 amide bonds. The summed E-state index contributed by atoms with van der Waals surface area (Å²) in [4.78, 5) is 4.32. The molecule has 1 aromatic carbocycles. The van der Waals surface area contributed by atoms with Crippen molar-refractivity contribution < 1.29 is 14.0 Å². The number of anilines is 1. The Morgan fingerprint density at radius 1 is 1.25 bits per heavy atom. The summed E-state index contributed by atoms with van der Waals surface area (Å²) in [6.45, 7) is 4.36. The van der Waals surface area contributed by atoms with Gasteiger partial charge in [0.2, 0.25) is 0 Å². The van der Waals surface area contributed by atoms with E-state index in [1.807, 2.05) is 19.9 Å². The molecule has 0 bridgehead atoms. The van der Waals surface area contributed by atoms with Crippen molar-refractivity contribution >= 4 is 35.6 Å². The number of aryl methyl sites for hydroxylation is 2. The standard InChI is InChI=1S/C16H22N4O3.HI/c1-10-13(11(2)23-20-10)7-8-18-16(17)19-12-5-6-14(21-3)15(9-12)22-4;/h5-6,9H,7-8H2,1-4H3,(H3,17,18,19);1H. The zero-order chi connectivity index (χ0) is 16.8. The average Bonchev–Trinajstić information content (AvgIpc) is 2.86. The van der Waals surface area contributed by atoms with Gasteiger partial charge < -0.3 is 25.0 Å². The Hall–Kier alpha value is -1.97. The monoisotopic (exact) mass is 446 g/mol. The molecule has 0 aliphatic rings. The van der Waals surface area contributed by atoms with Crippen LogP contribution in [-0.4, -0.2) is 31.9 Å². The van der Waals surface area contributed by atoms with Gasteiger partial charge in [-0.05, 0) is 32.4 Å². The number of methoxy groups -OCH3 is 2. The zero-order valence-electron chi connectivity index (χ0n) is 14.3. The van der Waals surface area contributed by atoms with Crippen LogP contribution >= 0.6 is 24.0 Å². The Kier molecular flexibility index (Phi) is 7.83. The van der Waals surface area contributed by atoms with Crippen LogP contribution < -0.4 is 20.5 Å². The third-order valence-corrected chi connectivity index (χ3v) is 3.48. The molecule has 2 rings (SSSR count). The first-order chi connectivity index (χ1) is 11.0. The maximum Gasteiger partial charge on any atom is 0.193 e. The van der Waals surface area contributed by atoms with Gasteiger partial charge in [0.25, 0.3) is 0 Å². The molecule has 8 heteroatoms. The van der Waals surface area contributed by atoms with Gasteiger partial charge in [0.15, 0.2) is 17.5 Å². The number of halogens is 1. The van der Waals surface area contributed by atoms with Gasteiger partial charge in [0.1, 0.15) is 5.76 Å². The number of guanidine groups is 1. The van der Waals surface area contributed by atoms with Crippen LogP contribution in [0.2, 0.25) is 0 Å². The van der Waals surface area contributed by atoms with E-state index in [1.54, 1.807) is 26.4 Å². The molecule has 0 atom stereocenters. The molecule has 1 aromatic heterocycles. The Morgan fingerprint density at radius 2 is 1.96 bits per heavy atom. The van der Waals surface area contributed by atoms with E-state index in [2.05, 4.69) is 15.5 Å². The molecule has 0 unspecified atom stereocenters. The first kappa shape index (κ1) is 20.1. The van der Waals surface area contributed by atoms with E-state index in [1.165, 1.54) is 0 Å². The molecule has 24 heavy (non-hydrogen) atoms. The number of aromatic nitrogens is 1. The lowest BCUT2D eigenvalue weighted by atomic mass is 10.1. The fourth-order valence-electron chi connectivity index (χ4n) is 2.25. The summed E-state index contributed by atoms with van der Waals surface area (Å²) in [5, 5.41) is 6.95. The quantitative estimate of drug-likeness (QED) is 0.403. The van der Waals surface area contributed by atoms with Gasteiger partial charge >= 0.3 is 0 Å². The second-order valence-corrected chi connectivity index (χ2v) is 5.01. The van der Waals surface area contributed by atoms with Crippen molar-refractivity contribution in [3.63, 3.8) is 0 Å². The summed E-state index contributed by atoms with van der Waals surface area (Å²) >= 11 is 0. The van der Waals surface area contributed by atoms with E-state index in [4.69, 9.17) is 19.7 Å². The number of hydrogen-bond donors (Lipinski definition) is 2. The van der Waals surface area contributed by atoms with Crippen molar-refractivity contribution in [2.45, 2.75) is 20.3 Å². The van der Waals surface area contributed by atoms with Gasteiger partial charge in [-0.1, -0.05) is 5.16 Å². The van der Waals surface area contributed by atoms with Crippen molar-refractivity contribution in [2.24, 2.45) is 10.7 Å². The number of nitrogens with one attached hydrogen (secondary N) is 1. The van der Waals surface area contributed by atoms with E-state index in [0.717, 1.165) is 29.1 Å². The van der Waals surface area contributed by atoms with Crippen molar-refractivity contribution in [3.05, 3.63) is 35.2 Å². The van der Waals surface area contributed by atoms with Crippen molar-refractivity contribution in [1.29, 1.82) is 0 Å². The first-order valence-electron chi connectivity index (χ1n) is 7.26. The normalized spacial score (nSPS) is 10.9. The van der Waals surface area contributed by atoms with Gasteiger partial charge in [-0.15, -0.1) is 24.0 Å². The number of nitrogens with two attached hydrogens (primary N) is 1. The highest BCUT2D eigenvalue weighted by Gasteiger charge is 2.08. The van der Waals surface area contributed by atoms with Gasteiger partial charge in [-0.3, -0.25) is 4.99 Å². The number of nitrogens with zero attached hydrogens (tertiary/aromatic N) is 2. The lowest BCUT2D eigenvalue weighted by molar-refractivity contribution is 0.355. The smallest absolute Gasteiger partial charge is 0.193 e. The zero-order valence-corrected chi connectivity index (χ0v) is 16.6. The first-order valence-corrected chi connectivity index (χ1v) is 7.26. The molecule has 0 fully saturated rings. The van der Waals surface area contributed by atoms with Gasteiger partial charge in [0.05, 0.1) is 19.9 Å². The van der Waals surface area contributed by atoms with Gasteiger partial charge in [-0.25, -0.2) is 0 Å². The summed E-state index contributed by atoms with van der Waals surface area (Å²) in [6.07, 6.45) is 0.732.